The van der Waals surface area contributed by atoms with Crippen LogP contribution < -0.4 is 0 Å². The van der Waals surface area contributed by atoms with E-state index in [4.69, 9.17) is 4.98 Å². The number of rotatable bonds is 6. The molecule has 0 atom stereocenters. The Balaban J connectivity index is 1.32. The van der Waals surface area contributed by atoms with E-state index in [1.807, 2.05) is 24.4 Å². The third-order valence-corrected chi connectivity index (χ3v) is 6.22. The van der Waals surface area contributed by atoms with Gasteiger partial charge >= 0.3 is 0 Å². The number of hydrogen-bond donors (Lipinski definition) is 0. The highest BCUT2D eigenvalue weighted by atomic mass is 32.2. The zero-order valence-corrected chi connectivity index (χ0v) is 14.8. The molecule has 0 aromatic carbocycles. The molecule has 5 nitrogen and oxygen atoms in total. The molecule has 7 heteroatoms. The quantitative estimate of drug-likeness (QED) is 0.617. The van der Waals surface area contributed by atoms with Gasteiger partial charge in [-0.3, -0.25) is 4.98 Å². The van der Waals surface area contributed by atoms with Gasteiger partial charge in [0.25, 0.3) is 0 Å². The first-order valence-electron chi connectivity index (χ1n) is 8.32. The van der Waals surface area contributed by atoms with Crippen LogP contribution in [-0.4, -0.2) is 24.7 Å². The van der Waals surface area contributed by atoms with E-state index in [-0.39, 0.29) is 0 Å². The van der Waals surface area contributed by atoms with Gasteiger partial charge < -0.3 is 4.57 Å². The normalized spacial score (nSPS) is 17.3. The van der Waals surface area contributed by atoms with Crippen LogP contribution in [-0.2, 0) is 5.75 Å². The minimum Gasteiger partial charge on any atom is -0.303 e. The summed E-state index contributed by atoms with van der Waals surface area (Å²) < 4.78 is 2.40. The molecule has 2 aliphatic rings. The molecule has 5 rings (SSSR count). The van der Waals surface area contributed by atoms with E-state index in [2.05, 4.69) is 25.1 Å². The SMILES string of the molecule is c1ccc(-c2nc(CSc3nnc(C4CC4)n3C3CC3)cs2)nc1. The van der Waals surface area contributed by atoms with Crippen molar-refractivity contribution in [2.75, 3.05) is 0 Å². The number of hydrogen-bond acceptors (Lipinski definition) is 6. The van der Waals surface area contributed by atoms with Crippen LogP contribution in [0.1, 0.15) is 49.2 Å². The van der Waals surface area contributed by atoms with Crippen LogP contribution in [0.25, 0.3) is 10.7 Å². The lowest BCUT2D eigenvalue weighted by atomic mass is 10.4. The molecule has 2 saturated carbocycles. The van der Waals surface area contributed by atoms with Crippen molar-refractivity contribution in [3.8, 4) is 10.7 Å². The van der Waals surface area contributed by atoms with Crippen LogP contribution in [0, 0.1) is 0 Å². The predicted molar refractivity (Wildman–Crippen MR) is 95.2 cm³/mol. The van der Waals surface area contributed by atoms with Gasteiger partial charge in [-0.25, -0.2) is 4.98 Å². The Morgan fingerprint density at radius 3 is 2.83 bits per heavy atom. The second kappa shape index (κ2) is 5.97. The van der Waals surface area contributed by atoms with Gasteiger partial charge in [0.15, 0.2) is 5.16 Å². The van der Waals surface area contributed by atoms with Gasteiger partial charge in [-0.1, -0.05) is 17.8 Å². The summed E-state index contributed by atoms with van der Waals surface area (Å²) in [6, 6.07) is 6.56. The Bertz CT molecular complexity index is 849. The number of thioether (sulfide) groups is 1. The summed E-state index contributed by atoms with van der Waals surface area (Å²) in [5, 5.41) is 13.1. The number of pyridine rings is 1. The lowest BCUT2D eigenvalue weighted by Gasteiger charge is -2.07. The largest absolute Gasteiger partial charge is 0.303 e. The van der Waals surface area contributed by atoms with Crippen molar-refractivity contribution in [3.05, 3.63) is 41.3 Å². The maximum absolute atomic E-state index is 4.72. The van der Waals surface area contributed by atoms with Gasteiger partial charge in [0.05, 0.1) is 11.4 Å². The number of thiazole rings is 1. The zero-order valence-electron chi connectivity index (χ0n) is 13.1. The van der Waals surface area contributed by atoms with Crippen LogP contribution in [0.3, 0.4) is 0 Å². The highest BCUT2D eigenvalue weighted by Crippen LogP contribution is 2.46. The molecule has 0 saturated heterocycles. The van der Waals surface area contributed by atoms with E-state index in [9.17, 15) is 0 Å². The lowest BCUT2D eigenvalue weighted by molar-refractivity contribution is 0.627. The molecule has 2 aliphatic carbocycles. The molecule has 24 heavy (non-hydrogen) atoms. The fourth-order valence-electron chi connectivity index (χ4n) is 2.80. The van der Waals surface area contributed by atoms with Crippen molar-refractivity contribution in [1.82, 2.24) is 24.7 Å². The molecule has 0 unspecified atom stereocenters. The average Bonchev–Trinajstić information content (AvgIpc) is 3.55. The van der Waals surface area contributed by atoms with Crippen molar-refractivity contribution in [2.45, 2.75) is 48.6 Å². The predicted octanol–water partition coefficient (Wildman–Crippen LogP) is 4.30. The van der Waals surface area contributed by atoms with Crippen molar-refractivity contribution in [1.29, 1.82) is 0 Å². The Kier molecular flexibility index (Phi) is 3.63. The number of nitrogens with zero attached hydrogens (tertiary/aromatic N) is 5. The van der Waals surface area contributed by atoms with E-state index < -0.39 is 0 Å². The average molecular weight is 355 g/mol. The molecule has 0 radical (unpaired) electrons. The van der Waals surface area contributed by atoms with Crippen molar-refractivity contribution in [3.63, 3.8) is 0 Å². The standard InChI is InChI=1S/C17H17N5S2/c1-2-8-18-14(3-1)16-19-12(9-23-16)10-24-17-21-20-15(11-4-5-11)22(17)13-6-7-13/h1-3,8-9,11,13H,4-7,10H2. The smallest absolute Gasteiger partial charge is 0.191 e. The Hall–Kier alpha value is -1.73. The molecule has 2 fully saturated rings. The maximum Gasteiger partial charge on any atom is 0.191 e. The summed E-state index contributed by atoms with van der Waals surface area (Å²) >= 11 is 3.41. The van der Waals surface area contributed by atoms with E-state index in [0.717, 1.165) is 27.3 Å². The third-order valence-electron chi connectivity index (χ3n) is 4.33. The third kappa shape index (κ3) is 2.86. The second-order valence-corrected chi connectivity index (χ2v) is 8.16. The van der Waals surface area contributed by atoms with Crippen molar-refractivity contribution in [2.24, 2.45) is 0 Å². The van der Waals surface area contributed by atoms with Crippen LogP contribution in [0.15, 0.2) is 34.9 Å². The molecule has 0 N–H and O–H groups in total. The molecular weight excluding hydrogens is 338 g/mol. The molecule has 0 aliphatic heterocycles. The minimum absolute atomic E-state index is 0.637. The van der Waals surface area contributed by atoms with Crippen molar-refractivity contribution >= 4 is 23.1 Å². The fraction of sp³-hybridized carbons (Fsp3) is 0.412. The van der Waals surface area contributed by atoms with Gasteiger partial charge in [0.2, 0.25) is 0 Å². The first kappa shape index (κ1) is 14.6. The summed E-state index contributed by atoms with van der Waals surface area (Å²) in [6.45, 7) is 0. The molecule has 3 aromatic heterocycles. The van der Waals surface area contributed by atoms with Gasteiger partial charge in [0, 0.05) is 29.3 Å². The Morgan fingerprint density at radius 2 is 2.08 bits per heavy atom. The van der Waals surface area contributed by atoms with Gasteiger partial charge in [-0.05, 0) is 37.8 Å². The summed E-state index contributed by atoms with van der Waals surface area (Å²) in [6.07, 6.45) is 6.89. The monoisotopic (exact) mass is 355 g/mol. The van der Waals surface area contributed by atoms with E-state index in [1.54, 1.807) is 23.1 Å². The fourth-order valence-corrected chi connectivity index (χ4v) is 4.61. The van der Waals surface area contributed by atoms with Crippen LogP contribution >= 0.6 is 23.1 Å². The summed E-state index contributed by atoms with van der Waals surface area (Å²) in [4.78, 5) is 9.09. The van der Waals surface area contributed by atoms with E-state index >= 15 is 0 Å². The Morgan fingerprint density at radius 1 is 1.17 bits per heavy atom. The molecular formula is C17H17N5S2. The number of aromatic nitrogens is 5. The van der Waals surface area contributed by atoms with Crippen LogP contribution in [0.2, 0.25) is 0 Å². The lowest BCUT2D eigenvalue weighted by Crippen LogP contribution is -2.01. The van der Waals surface area contributed by atoms with E-state index in [0.29, 0.717) is 12.0 Å². The summed E-state index contributed by atoms with van der Waals surface area (Å²) in [5.41, 5.74) is 2.03. The van der Waals surface area contributed by atoms with Crippen LogP contribution in [0.4, 0.5) is 0 Å². The first-order chi connectivity index (χ1) is 11.9. The van der Waals surface area contributed by atoms with Crippen LogP contribution in [0.5, 0.6) is 0 Å². The Labute approximate surface area is 148 Å². The maximum atomic E-state index is 4.72. The molecule has 0 bridgehead atoms. The highest BCUT2D eigenvalue weighted by Gasteiger charge is 2.36. The van der Waals surface area contributed by atoms with Crippen molar-refractivity contribution < 1.29 is 0 Å². The molecule has 3 heterocycles. The molecule has 122 valence electrons. The zero-order chi connectivity index (χ0) is 15.9. The van der Waals surface area contributed by atoms with Gasteiger partial charge in [-0.15, -0.1) is 21.5 Å². The summed E-state index contributed by atoms with van der Waals surface area (Å²) in [5.74, 6) is 2.70. The van der Waals surface area contributed by atoms with E-state index in [1.165, 1.54) is 31.5 Å². The minimum atomic E-state index is 0.637. The van der Waals surface area contributed by atoms with Gasteiger partial charge in [0.1, 0.15) is 10.8 Å². The molecule has 0 spiro atoms. The first-order valence-corrected chi connectivity index (χ1v) is 10.2. The molecule has 3 aromatic rings. The highest BCUT2D eigenvalue weighted by molar-refractivity contribution is 7.98. The second-order valence-electron chi connectivity index (χ2n) is 6.36. The van der Waals surface area contributed by atoms with Gasteiger partial charge in [-0.2, -0.15) is 0 Å². The topological polar surface area (TPSA) is 56.5 Å². The summed E-state index contributed by atoms with van der Waals surface area (Å²) in [7, 11) is 0. The molecule has 0 amide bonds.